The van der Waals surface area contributed by atoms with Crippen LogP contribution in [0, 0.1) is 0 Å². The number of nitrogens with one attached hydrogen (secondary N) is 1. The molecule has 0 amide bonds. The van der Waals surface area contributed by atoms with Crippen molar-refractivity contribution >= 4 is 5.88 Å². The van der Waals surface area contributed by atoms with Gasteiger partial charge in [0.05, 0.1) is 5.69 Å². The van der Waals surface area contributed by atoms with Gasteiger partial charge in [0.25, 0.3) is 0 Å². The van der Waals surface area contributed by atoms with Gasteiger partial charge in [0.15, 0.2) is 0 Å². The summed E-state index contributed by atoms with van der Waals surface area (Å²) in [5, 5.41) is 7.07. The first-order valence-corrected chi connectivity index (χ1v) is 5.33. The highest BCUT2D eigenvalue weighted by Gasteiger charge is 2.17. The summed E-state index contributed by atoms with van der Waals surface area (Å²) in [7, 11) is 4.05. The minimum Gasteiger partial charge on any atom is -0.338 e. The van der Waals surface area contributed by atoms with Crippen molar-refractivity contribution < 1.29 is 4.52 Å². The molecule has 1 aromatic rings. The zero-order chi connectivity index (χ0) is 10.7. The fraction of sp³-hybridized carbons (Fsp3) is 0.700. The van der Waals surface area contributed by atoms with E-state index in [4.69, 9.17) is 4.52 Å². The Bertz CT molecular complexity index is 304. The van der Waals surface area contributed by atoms with Crippen molar-refractivity contribution in [1.29, 1.82) is 0 Å². The lowest BCUT2D eigenvalue weighted by molar-refractivity contribution is 0.299. The smallest absolute Gasteiger partial charge is 0.227 e. The van der Waals surface area contributed by atoms with Gasteiger partial charge in [-0.3, -0.25) is 0 Å². The SMILES string of the molecule is CNCc1cc(N2CCN(C)CC2)on1. The lowest BCUT2D eigenvalue weighted by atomic mass is 10.3. The van der Waals surface area contributed by atoms with Crippen LogP contribution >= 0.6 is 0 Å². The van der Waals surface area contributed by atoms with Crippen molar-refractivity contribution in [3.63, 3.8) is 0 Å². The predicted molar refractivity (Wildman–Crippen MR) is 59.0 cm³/mol. The van der Waals surface area contributed by atoms with Crippen LogP contribution in [0.5, 0.6) is 0 Å². The minimum atomic E-state index is 0.761. The van der Waals surface area contributed by atoms with Crippen LogP contribution in [0.15, 0.2) is 10.6 Å². The van der Waals surface area contributed by atoms with E-state index in [9.17, 15) is 0 Å². The fourth-order valence-electron chi connectivity index (χ4n) is 1.74. The van der Waals surface area contributed by atoms with Gasteiger partial charge in [0.1, 0.15) is 0 Å². The van der Waals surface area contributed by atoms with E-state index in [0.717, 1.165) is 44.3 Å². The maximum Gasteiger partial charge on any atom is 0.227 e. The molecule has 0 saturated carbocycles. The number of rotatable bonds is 3. The molecule has 0 aliphatic carbocycles. The standard InChI is InChI=1S/C10H18N4O/c1-11-8-9-7-10(15-12-9)14-5-3-13(2)4-6-14/h7,11H,3-6,8H2,1-2H3. The second-order valence-electron chi connectivity index (χ2n) is 3.98. The maximum absolute atomic E-state index is 5.31. The first-order chi connectivity index (χ1) is 7.29. The van der Waals surface area contributed by atoms with Crippen LogP contribution in [0.4, 0.5) is 5.88 Å². The summed E-state index contributed by atoms with van der Waals surface area (Å²) >= 11 is 0. The summed E-state index contributed by atoms with van der Waals surface area (Å²) < 4.78 is 5.31. The molecule has 0 unspecified atom stereocenters. The van der Waals surface area contributed by atoms with E-state index in [2.05, 4.69) is 27.3 Å². The molecule has 0 spiro atoms. The highest BCUT2D eigenvalue weighted by atomic mass is 16.5. The number of piperazine rings is 1. The Labute approximate surface area is 90.0 Å². The monoisotopic (exact) mass is 210 g/mol. The third kappa shape index (κ3) is 2.49. The Kier molecular flexibility index (Phi) is 3.23. The van der Waals surface area contributed by atoms with E-state index in [1.54, 1.807) is 0 Å². The topological polar surface area (TPSA) is 44.5 Å². The van der Waals surface area contributed by atoms with E-state index in [0.29, 0.717) is 0 Å². The number of anilines is 1. The lowest BCUT2D eigenvalue weighted by Crippen LogP contribution is -2.44. The first-order valence-electron chi connectivity index (χ1n) is 5.33. The van der Waals surface area contributed by atoms with Crippen LogP contribution in [0.25, 0.3) is 0 Å². The predicted octanol–water partition coefficient (Wildman–Crippen LogP) is 0.146. The Balaban J connectivity index is 1.96. The molecule has 1 N–H and O–H groups in total. The quantitative estimate of drug-likeness (QED) is 0.769. The van der Waals surface area contributed by atoms with Gasteiger partial charge in [0, 0.05) is 38.8 Å². The summed E-state index contributed by atoms with van der Waals surface area (Å²) in [5.41, 5.74) is 0.964. The molecule has 5 heteroatoms. The van der Waals surface area contributed by atoms with Crippen molar-refractivity contribution in [2.24, 2.45) is 0 Å². The molecule has 84 valence electrons. The van der Waals surface area contributed by atoms with Gasteiger partial charge in [0.2, 0.25) is 5.88 Å². The molecule has 0 bridgehead atoms. The third-order valence-corrected chi connectivity index (χ3v) is 2.72. The molecule has 2 heterocycles. The van der Waals surface area contributed by atoms with E-state index < -0.39 is 0 Å². The number of aromatic nitrogens is 1. The van der Waals surface area contributed by atoms with Crippen LogP contribution in [-0.2, 0) is 6.54 Å². The lowest BCUT2D eigenvalue weighted by Gasteiger charge is -2.31. The minimum absolute atomic E-state index is 0.761. The van der Waals surface area contributed by atoms with Crippen molar-refractivity contribution in [1.82, 2.24) is 15.4 Å². The Morgan fingerprint density at radius 1 is 1.40 bits per heavy atom. The molecule has 1 fully saturated rings. The maximum atomic E-state index is 5.31. The number of nitrogens with zero attached hydrogens (tertiary/aromatic N) is 3. The molecular formula is C10H18N4O. The molecule has 0 radical (unpaired) electrons. The molecule has 2 rings (SSSR count). The van der Waals surface area contributed by atoms with Crippen LogP contribution in [0.3, 0.4) is 0 Å². The molecule has 0 aromatic carbocycles. The average molecular weight is 210 g/mol. The summed E-state index contributed by atoms with van der Waals surface area (Å²) in [4.78, 5) is 4.56. The van der Waals surface area contributed by atoms with Crippen molar-refractivity contribution in [2.75, 3.05) is 45.2 Å². The molecule has 1 saturated heterocycles. The van der Waals surface area contributed by atoms with Gasteiger partial charge < -0.3 is 19.6 Å². The molecule has 5 nitrogen and oxygen atoms in total. The largest absolute Gasteiger partial charge is 0.338 e. The number of hydrogen-bond donors (Lipinski definition) is 1. The Morgan fingerprint density at radius 2 is 2.13 bits per heavy atom. The van der Waals surface area contributed by atoms with Crippen LogP contribution in [0.2, 0.25) is 0 Å². The normalized spacial score (nSPS) is 18.4. The average Bonchev–Trinajstić information content (AvgIpc) is 2.68. The third-order valence-electron chi connectivity index (χ3n) is 2.72. The first kappa shape index (κ1) is 10.4. The zero-order valence-electron chi connectivity index (χ0n) is 9.36. The van der Waals surface area contributed by atoms with E-state index in [-0.39, 0.29) is 0 Å². The molecular weight excluding hydrogens is 192 g/mol. The molecule has 15 heavy (non-hydrogen) atoms. The summed E-state index contributed by atoms with van der Waals surface area (Å²) in [6.07, 6.45) is 0. The zero-order valence-corrected chi connectivity index (χ0v) is 9.36. The fourth-order valence-corrected chi connectivity index (χ4v) is 1.74. The van der Waals surface area contributed by atoms with Crippen LogP contribution in [-0.4, -0.2) is 50.3 Å². The molecule has 1 aliphatic heterocycles. The second kappa shape index (κ2) is 4.63. The summed E-state index contributed by atoms with van der Waals surface area (Å²) in [6, 6.07) is 2.02. The summed E-state index contributed by atoms with van der Waals surface area (Å²) in [6.45, 7) is 4.97. The van der Waals surface area contributed by atoms with Crippen LogP contribution in [0.1, 0.15) is 5.69 Å². The van der Waals surface area contributed by atoms with E-state index in [1.165, 1.54) is 0 Å². The Morgan fingerprint density at radius 3 is 2.80 bits per heavy atom. The van der Waals surface area contributed by atoms with Gasteiger partial charge in [-0.1, -0.05) is 5.16 Å². The highest BCUT2D eigenvalue weighted by Crippen LogP contribution is 2.17. The van der Waals surface area contributed by atoms with Crippen molar-refractivity contribution in [3.8, 4) is 0 Å². The highest BCUT2D eigenvalue weighted by molar-refractivity contribution is 5.36. The summed E-state index contributed by atoms with van der Waals surface area (Å²) in [5.74, 6) is 0.897. The van der Waals surface area contributed by atoms with Crippen molar-refractivity contribution in [3.05, 3.63) is 11.8 Å². The van der Waals surface area contributed by atoms with E-state index >= 15 is 0 Å². The Hall–Kier alpha value is -1.07. The van der Waals surface area contributed by atoms with Gasteiger partial charge in [-0.05, 0) is 14.1 Å². The van der Waals surface area contributed by atoms with Gasteiger partial charge in [-0.25, -0.2) is 0 Å². The van der Waals surface area contributed by atoms with Crippen molar-refractivity contribution in [2.45, 2.75) is 6.54 Å². The van der Waals surface area contributed by atoms with Gasteiger partial charge >= 0.3 is 0 Å². The number of likely N-dealkylation sites (N-methyl/N-ethyl adjacent to an activating group) is 1. The van der Waals surface area contributed by atoms with Gasteiger partial charge in [-0.2, -0.15) is 0 Å². The second-order valence-corrected chi connectivity index (χ2v) is 3.98. The number of hydrogen-bond acceptors (Lipinski definition) is 5. The molecule has 1 aromatic heterocycles. The molecule has 0 atom stereocenters. The molecule has 1 aliphatic rings. The van der Waals surface area contributed by atoms with Gasteiger partial charge in [-0.15, -0.1) is 0 Å². The van der Waals surface area contributed by atoms with Crippen LogP contribution < -0.4 is 10.2 Å². The van der Waals surface area contributed by atoms with E-state index in [1.807, 2.05) is 13.1 Å².